The summed E-state index contributed by atoms with van der Waals surface area (Å²) in [5.41, 5.74) is 2.40. The van der Waals surface area contributed by atoms with E-state index in [4.69, 9.17) is 4.74 Å². The van der Waals surface area contributed by atoms with Gasteiger partial charge in [-0.25, -0.2) is 9.78 Å². The van der Waals surface area contributed by atoms with Crippen LogP contribution in [0.5, 0.6) is 0 Å². The molecule has 0 atom stereocenters. The molecule has 28 heavy (non-hydrogen) atoms. The Hall–Kier alpha value is -2.64. The van der Waals surface area contributed by atoms with E-state index in [1.807, 2.05) is 37.3 Å². The van der Waals surface area contributed by atoms with Crippen molar-refractivity contribution in [1.82, 2.24) is 4.98 Å². The fourth-order valence-electron chi connectivity index (χ4n) is 2.52. The molecule has 5 nitrogen and oxygen atoms in total. The lowest BCUT2D eigenvalue weighted by Gasteiger charge is -2.12. The van der Waals surface area contributed by atoms with E-state index in [2.05, 4.69) is 26.2 Å². The third kappa shape index (κ3) is 4.79. The van der Waals surface area contributed by atoms with Crippen molar-refractivity contribution in [3.05, 3.63) is 82.0 Å². The highest BCUT2D eigenvalue weighted by molar-refractivity contribution is 9.10. The first-order valence-corrected chi connectivity index (χ1v) is 9.97. The largest absolute Gasteiger partial charge is 0.465 e. The molecule has 2 aromatic carbocycles. The molecule has 0 saturated heterocycles. The molecular formula is C21H17BrN2O3S. The van der Waals surface area contributed by atoms with E-state index in [1.54, 1.807) is 30.5 Å². The van der Waals surface area contributed by atoms with Crippen molar-refractivity contribution < 1.29 is 14.3 Å². The van der Waals surface area contributed by atoms with Crippen LogP contribution < -0.4 is 5.32 Å². The quantitative estimate of drug-likeness (QED) is 0.524. The molecule has 0 unspecified atom stereocenters. The van der Waals surface area contributed by atoms with Gasteiger partial charge in [0.25, 0.3) is 5.91 Å². The number of aryl methyl sites for hydroxylation is 1. The van der Waals surface area contributed by atoms with Crippen molar-refractivity contribution in [2.75, 3.05) is 12.4 Å². The SMILES string of the molecule is COC(=O)c1ccc(NC(=O)c2ccccc2Sc2ccc(Br)cn2)c(C)c1. The summed E-state index contributed by atoms with van der Waals surface area (Å²) in [6.45, 7) is 1.83. The van der Waals surface area contributed by atoms with Crippen molar-refractivity contribution in [2.45, 2.75) is 16.8 Å². The molecule has 142 valence electrons. The zero-order valence-electron chi connectivity index (χ0n) is 15.2. The van der Waals surface area contributed by atoms with Crippen LogP contribution in [-0.4, -0.2) is 24.0 Å². The van der Waals surface area contributed by atoms with Gasteiger partial charge in [-0.15, -0.1) is 0 Å². The van der Waals surface area contributed by atoms with Crippen LogP contribution in [0.3, 0.4) is 0 Å². The number of nitrogens with one attached hydrogen (secondary N) is 1. The van der Waals surface area contributed by atoms with E-state index < -0.39 is 5.97 Å². The average Bonchev–Trinajstić information content (AvgIpc) is 2.71. The van der Waals surface area contributed by atoms with Gasteiger partial charge in [-0.05, 0) is 70.9 Å². The topological polar surface area (TPSA) is 68.3 Å². The summed E-state index contributed by atoms with van der Waals surface area (Å²) in [4.78, 5) is 29.7. The zero-order valence-corrected chi connectivity index (χ0v) is 17.6. The smallest absolute Gasteiger partial charge is 0.337 e. The maximum atomic E-state index is 12.9. The Bertz CT molecular complexity index is 1020. The van der Waals surface area contributed by atoms with Crippen molar-refractivity contribution in [3.63, 3.8) is 0 Å². The number of halogens is 1. The van der Waals surface area contributed by atoms with Crippen LogP contribution in [0.1, 0.15) is 26.3 Å². The zero-order chi connectivity index (χ0) is 20.1. The third-order valence-electron chi connectivity index (χ3n) is 3.94. The lowest BCUT2D eigenvalue weighted by Crippen LogP contribution is -2.14. The van der Waals surface area contributed by atoms with Gasteiger partial charge in [0.1, 0.15) is 5.03 Å². The molecule has 0 radical (unpaired) electrons. The number of esters is 1. The molecule has 0 aliphatic heterocycles. The van der Waals surface area contributed by atoms with Gasteiger partial charge in [-0.3, -0.25) is 4.79 Å². The van der Waals surface area contributed by atoms with Crippen molar-refractivity contribution in [2.24, 2.45) is 0 Å². The number of methoxy groups -OCH3 is 1. The summed E-state index contributed by atoms with van der Waals surface area (Å²) in [7, 11) is 1.34. The summed E-state index contributed by atoms with van der Waals surface area (Å²) in [5, 5.41) is 3.71. The number of amides is 1. The standard InChI is InChI=1S/C21H17BrN2O3S/c1-13-11-14(21(26)27-2)7-9-17(13)24-20(25)16-5-3-4-6-18(16)28-19-10-8-15(22)12-23-19/h3-12H,1-2H3,(H,24,25). The molecule has 1 heterocycles. The normalized spacial score (nSPS) is 10.4. The second-order valence-corrected chi connectivity index (χ2v) is 7.87. The van der Waals surface area contributed by atoms with Crippen LogP contribution in [0.15, 0.2) is 75.2 Å². The highest BCUT2D eigenvalue weighted by Gasteiger charge is 2.15. The fraction of sp³-hybridized carbons (Fsp3) is 0.0952. The predicted molar refractivity (Wildman–Crippen MR) is 113 cm³/mol. The molecule has 0 saturated carbocycles. The highest BCUT2D eigenvalue weighted by atomic mass is 79.9. The number of nitrogens with zero attached hydrogens (tertiary/aromatic N) is 1. The van der Waals surface area contributed by atoms with Crippen molar-refractivity contribution in [3.8, 4) is 0 Å². The maximum Gasteiger partial charge on any atom is 0.337 e. The van der Waals surface area contributed by atoms with Crippen LogP contribution in [-0.2, 0) is 4.74 Å². The summed E-state index contributed by atoms with van der Waals surface area (Å²) in [5.74, 6) is -0.640. The Kier molecular flexibility index (Phi) is 6.49. The molecule has 7 heteroatoms. The fourth-order valence-corrected chi connectivity index (χ4v) is 3.64. The highest BCUT2D eigenvalue weighted by Crippen LogP contribution is 2.30. The molecule has 0 aliphatic carbocycles. The molecule has 1 N–H and O–H groups in total. The van der Waals surface area contributed by atoms with Gasteiger partial charge in [-0.2, -0.15) is 0 Å². The van der Waals surface area contributed by atoms with E-state index in [1.165, 1.54) is 18.9 Å². The first-order valence-electron chi connectivity index (χ1n) is 8.36. The molecule has 0 fully saturated rings. The van der Waals surface area contributed by atoms with Crippen LogP contribution >= 0.6 is 27.7 Å². The van der Waals surface area contributed by atoms with Crippen LogP contribution in [0.4, 0.5) is 5.69 Å². The minimum absolute atomic E-state index is 0.228. The number of rotatable bonds is 5. The van der Waals surface area contributed by atoms with Gasteiger partial charge in [0.05, 0.1) is 18.2 Å². The average molecular weight is 457 g/mol. The third-order valence-corrected chi connectivity index (χ3v) is 5.44. The summed E-state index contributed by atoms with van der Waals surface area (Å²) in [6.07, 6.45) is 1.72. The van der Waals surface area contributed by atoms with Gasteiger partial charge in [0.15, 0.2) is 0 Å². The first-order chi connectivity index (χ1) is 13.5. The van der Waals surface area contributed by atoms with Gasteiger partial charge in [0, 0.05) is 21.3 Å². The molecule has 1 aromatic heterocycles. The Labute approximate surface area is 175 Å². The number of ether oxygens (including phenoxy) is 1. The minimum Gasteiger partial charge on any atom is -0.465 e. The number of anilines is 1. The number of aromatic nitrogens is 1. The van der Waals surface area contributed by atoms with Crippen LogP contribution in [0, 0.1) is 6.92 Å². The molecule has 3 rings (SSSR count). The lowest BCUT2D eigenvalue weighted by molar-refractivity contribution is 0.0600. The number of carbonyl (C=O) groups excluding carboxylic acids is 2. The second kappa shape index (κ2) is 9.03. The van der Waals surface area contributed by atoms with E-state index in [9.17, 15) is 9.59 Å². The number of hydrogen-bond acceptors (Lipinski definition) is 5. The predicted octanol–water partition coefficient (Wildman–Crippen LogP) is 5.34. The van der Waals surface area contributed by atoms with Gasteiger partial charge >= 0.3 is 5.97 Å². The Morgan fingerprint density at radius 3 is 2.57 bits per heavy atom. The van der Waals surface area contributed by atoms with Gasteiger partial charge in [-0.1, -0.05) is 23.9 Å². The minimum atomic E-state index is -0.412. The molecule has 3 aromatic rings. The Balaban J connectivity index is 1.81. The van der Waals surface area contributed by atoms with Crippen LogP contribution in [0.25, 0.3) is 0 Å². The van der Waals surface area contributed by atoms with E-state index in [0.717, 1.165) is 20.0 Å². The van der Waals surface area contributed by atoms with Gasteiger partial charge < -0.3 is 10.1 Å². The summed E-state index contributed by atoms with van der Waals surface area (Å²) in [6, 6.07) is 16.2. The molecule has 0 aliphatic rings. The summed E-state index contributed by atoms with van der Waals surface area (Å²) < 4.78 is 5.62. The van der Waals surface area contributed by atoms with Crippen LogP contribution in [0.2, 0.25) is 0 Å². The molecule has 0 spiro atoms. The number of carbonyl (C=O) groups is 2. The van der Waals surface area contributed by atoms with E-state index in [0.29, 0.717) is 16.8 Å². The van der Waals surface area contributed by atoms with E-state index >= 15 is 0 Å². The molecule has 1 amide bonds. The Morgan fingerprint density at radius 1 is 1.11 bits per heavy atom. The van der Waals surface area contributed by atoms with Crippen molar-refractivity contribution in [1.29, 1.82) is 0 Å². The molecular weight excluding hydrogens is 440 g/mol. The molecule has 0 bridgehead atoms. The van der Waals surface area contributed by atoms with E-state index in [-0.39, 0.29) is 5.91 Å². The first kappa shape index (κ1) is 20.1. The van der Waals surface area contributed by atoms with Crippen molar-refractivity contribution >= 4 is 45.3 Å². The number of pyridine rings is 1. The Morgan fingerprint density at radius 2 is 1.89 bits per heavy atom. The van der Waals surface area contributed by atoms with Gasteiger partial charge in [0.2, 0.25) is 0 Å². The lowest BCUT2D eigenvalue weighted by atomic mass is 10.1. The number of hydrogen-bond donors (Lipinski definition) is 1. The number of benzene rings is 2. The monoisotopic (exact) mass is 456 g/mol. The maximum absolute atomic E-state index is 12.9. The second-order valence-electron chi connectivity index (χ2n) is 5.89. The summed E-state index contributed by atoms with van der Waals surface area (Å²) >= 11 is 4.79.